The Bertz CT molecular complexity index is 954. The molecule has 0 fully saturated rings. The van der Waals surface area contributed by atoms with Crippen LogP contribution in [0.3, 0.4) is 0 Å². The van der Waals surface area contributed by atoms with Crippen molar-refractivity contribution in [2.24, 2.45) is 0 Å². The highest BCUT2D eigenvalue weighted by Crippen LogP contribution is 2.32. The summed E-state index contributed by atoms with van der Waals surface area (Å²) in [5.41, 5.74) is -0.214. The summed E-state index contributed by atoms with van der Waals surface area (Å²) in [4.78, 5) is 14.4. The van der Waals surface area contributed by atoms with E-state index < -0.39 is 12.0 Å². The molecule has 0 saturated carbocycles. The van der Waals surface area contributed by atoms with E-state index in [0.29, 0.717) is 5.02 Å². The van der Waals surface area contributed by atoms with E-state index in [1.54, 1.807) is 6.07 Å². The fraction of sp³-hybridized carbons (Fsp3) is 0.0714. The van der Waals surface area contributed by atoms with Gasteiger partial charge in [-0.05, 0) is 12.1 Å². The monoisotopic (exact) mass is 351 g/mol. The van der Waals surface area contributed by atoms with Crippen LogP contribution in [0.15, 0.2) is 30.7 Å². The molecule has 0 N–H and O–H groups in total. The maximum Gasteiger partial charge on any atom is 0.451 e. The Hall–Kier alpha value is -2.99. The molecule has 3 rings (SSSR count). The van der Waals surface area contributed by atoms with E-state index in [4.69, 9.17) is 21.6 Å². The second kappa shape index (κ2) is 5.90. The zero-order valence-corrected chi connectivity index (χ0v) is 12.3. The Morgan fingerprint density at radius 1 is 1.08 bits per heavy atom. The summed E-state index contributed by atoms with van der Waals surface area (Å²) < 4.78 is 43.7. The number of alkyl halides is 3. The SMILES string of the molecule is N#Cc1ccc(Oc2ncc(Cl)cn2)c2cnc(C(F)(F)F)nc12. The van der Waals surface area contributed by atoms with E-state index in [1.165, 1.54) is 24.5 Å². The maximum absolute atomic E-state index is 12.8. The molecule has 0 unspecified atom stereocenters. The van der Waals surface area contributed by atoms with E-state index in [-0.39, 0.29) is 28.2 Å². The first kappa shape index (κ1) is 15.9. The van der Waals surface area contributed by atoms with Crippen LogP contribution in [0.5, 0.6) is 11.8 Å². The van der Waals surface area contributed by atoms with Gasteiger partial charge in [0.1, 0.15) is 11.8 Å². The first-order valence-corrected chi connectivity index (χ1v) is 6.69. The van der Waals surface area contributed by atoms with E-state index in [2.05, 4.69) is 19.9 Å². The lowest BCUT2D eigenvalue weighted by molar-refractivity contribution is -0.144. The van der Waals surface area contributed by atoms with E-state index in [9.17, 15) is 13.2 Å². The third-order valence-electron chi connectivity index (χ3n) is 2.88. The van der Waals surface area contributed by atoms with Gasteiger partial charge in [-0.1, -0.05) is 11.6 Å². The van der Waals surface area contributed by atoms with Crippen molar-refractivity contribution in [1.82, 2.24) is 19.9 Å². The number of ether oxygens (including phenoxy) is 1. The fourth-order valence-corrected chi connectivity index (χ4v) is 1.96. The molecule has 0 aliphatic carbocycles. The molecule has 2 heterocycles. The number of hydrogen-bond donors (Lipinski definition) is 0. The van der Waals surface area contributed by atoms with E-state index in [0.717, 1.165) is 6.20 Å². The molecule has 24 heavy (non-hydrogen) atoms. The molecule has 0 aliphatic heterocycles. The summed E-state index contributed by atoms with van der Waals surface area (Å²) >= 11 is 5.67. The Balaban J connectivity index is 2.13. The molecule has 120 valence electrons. The highest BCUT2D eigenvalue weighted by atomic mass is 35.5. The minimum atomic E-state index is -4.73. The molecular formula is C14H5ClF3N5O. The molecule has 0 spiro atoms. The average molecular weight is 352 g/mol. The van der Waals surface area contributed by atoms with Crippen LogP contribution in [0.4, 0.5) is 13.2 Å². The Morgan fingerprint density at radius 3 is 2.42 bits per heavy atom. The van der Waals surface area contributed by atoms with Crippen LogP contribution < -0.4 is 4.74 Å². The van der Waals surface area contributed by atoms with Crippen molar-refractivity contribution >= 4 is 22.5 Å². The molecule has 1 aromatic carbocycles. The van der Waals surface area contributed by atoms with Gasteiger partial charge >= 0.3 is 12.2 Å². The van der Waals surface area contributed by atoms with Crippen molar-refractivity contribution in [3.05, 3.63) is 47.1 Å². The van der Waals surface area contributed by atoms with Crippen LogP contribution in [0.1, 0.15) is 11.4 Å². The first-order chi connectivity index (χ1) is 11.4. The largest absolute Gasteiger partial charge is 0.451 e. The third kappa shape index (κ3) is 3.04. The van der Waals surface area contributed by atoms with Crippen molar-refractivity contribution in [3.63, 3.8) is 0 Å². The molecule has 0 saturated heterocycles. The van der Waals surface area contributed by atoms with Crippen LogP contribution in [0.2, 0.25) is 5.02 Å². The van der Waals surface area contributed by atoms with Gasteiger partial charge in [0.25, 0.3) is 0 Å². The lowest BCUT2D eigenvalue weighted by Crippen LogP contribution is -2.11. The Labute approximate surface area is 137 Å². The van der Waals surface area contributed by atoms with Gasteiger partial charge in [-0.3, -0.25) is 0 Å². The number of nitriles is 1. The number of halogens is 4. The van der Waals surface area contributed by atoms with Crippen LogP contribution in [0.25, 0.3) is 10.9 Å². The number of aromatic nitrogens is 4. The first-order valence-electron chi connectivity index (χ1n) is 6.31. The van der Waals surface area contributed by atoms with Gasteiger partial charge in [0.05, 0.1) is 33.9 Å². The predicted molar refractivity (Wildman–Crippen MR) is 76.4 cm³/mol. The van der Waals surface area contributed by atoms with Gasteiger partial charge in [0.2, 0.25) is 5.82 Å². The zero-order valence-electron chi connectivity index (χ0n) is 11.5. The normalized spacial score (nSPS) is 11.3. The average Bonchev–Trinajstić information content (AvgIpc) is 2.56. The molecule has 0 aliphatic rings. The lowest BCUT2D eigenvalue weighted by Gasteiger charge is -2.10. The second-order valence-electron chi connectivity index (χ2n) is 4.46. The Kier molecular flexibility index (Phi) is 3.91. The summed E-state index contributed by atoms with van der Waals surface area (Å²) in [6.45, 7) is 0. The van der Waals surface area contributed by atoms with Gasteiger partial charge in [0, 0.05) is 6.20 Å². The van der Waals surface area contributed by atoms with Crippen LogP contribution >= 0.6 is 11.6 Å². The highest BCUT2D eigenvalue weighted by Gasteiger charge is 2.35. The third-order valence-corrected chi connectivity index (χ3v) is 3.08. The molecule has 2 aromatic heterocycles. The van der Waals surface area contributed by atoms with Crippen molar-refractivity contribution in [2.75, 3.05) is 0 Å². The van der Waals surface area contributed by atoms with Crippen LogP contribution in [0, 0.1) is 11.3 Å². The minimum Gasteiger partial charge on any atom is -0.424 e. The number of hydrogen-bond acceptors (Lipinski definition) is 6. The van der Waals surface area contributed by atoms with Crippen molar-refractivity contribution in [1.29, 1.82) is 5.26 Å². The zero-order chi connectivity index (χ0) is 17.3. The highest BCUT2D eigenvalue weighted by molar-refractivity contribution is 6.30. The molecule has 0 atom stereocenters. The van der Waals surface area contributed by atoms with Gasteiger partial charge in [-0.2, -0.15) is 18.4 Å². The molecule has 6 nitrogen and oxygen atoms in total. The standard InChI is InChI=1S/C14H5ClF3N5O/c15-8-4-21-13(22-5-8)24-10-2-1-7(3-19)11-9(10)6-20-12(23-11)14(16,17)18/h1-2,4-6H. The number of fused-ring (bicyclic) bond motifs is 1. The van der Waals surface area contributed by atoms with E-state index in [1.807, 2.05) is 0 Å². The second-order valence-corrected chi connectivity index (χ2v) is 4.90. The van der Waals surface area contributed by atoms with Gasteiger partial charge in [0.15, 0.2) is 0 Å². The van der Waals surface area contributed by atoms with Crippen molar-refractivity contribution in [2.45, 2.75) is 6.18 Å². The van der Waals surface area contributed by atoms with Crippen molar-refractivity contribution < 1.29 is 17.9 Å². The molecule has 10 heteroatoms. The summed E-state index contributed by atoms with van der Waals surface area (Å²) in [6.07, 6.45) is -1.18. The van der Waals surface area contributed by atoms with Crippen molar-refractivity contribution in [3.8, 4) is 17.8 Å². The topological polar surface area (TPSA) is 84.6 Å². The van der Waals surface area contributed by atoms with Gasteiger partial charge < -0.3 is 4.74 Å². The van der Waals surface area contributed by atoms with Gasteiger partial charge in [-0.25, -0.2) is 19.9 Å². The quantitative estimate of drug-likeness (QED) is 0.699. The molecule has 0 bridgehead atoms. The fourth-order valence-electron chi connectivity index (χ4n) is 1.86. The summed E-state index contributed by atoms with van der Waals surface area (Å²) in [5.74, 6) is -1.23. The number of nitrogens with zero attached hydrogens (tertiary/aromatic N) is 5. The number of rotatable bonds is 2. The molecular weight excluding hydrogens is 347 g/mol. The smallest absolute Gasteiger partial charge is 0.424 e. The molecule has 0 radical (unpaired) electrons. The molecule has 0 amide bonds. The van der Waals surface area contributed by atoms with Gasteiger partial charge in [-0.15, -0.1) is 0 Å². The number of benzene rings is 1. The van der Waals surface area contributed by atoms with E-state index >= 15 is 0 Å². The maximum atomic E-state index is 12.8. The lowest BCUT2D eigenvalue weighted by atomic mass is 10.1. The summed E-state index contributed by atoms with van der Waals surface area (Å²) in [7, 11) is 0. The van der Waals surface area contributed by atoms with Crippen LogP contribution in [-0.4, -0.2) is 19.9 Å². The predicted octanol–water partition coefficient (Wildman–Crippen LogP) is 3.76. The minimum absolute atomic E-state index is 0.0396. The molecule has 3 aromatic rings. The summed E-state index contributed by atoms with van der Waals surface area (Å²) in [5, 5.41) is 9.49. The van der Waals surface area contributed by atoms with Crippen LogP contribution in [-0.2, 0) is 6.18 Å². The summed E-state index contributed by atoms with van der Waals surface area (Å²) in [6, 6.07) is 4.41. The Morgan fingerprint density at radius 2 is 1.79 bits per heavy atom.